The molecule has 0 amide bonds. The van der Waals surface area contributed by atoms with Crippen LogP contribution in [0.3, 0.4) is 0 Å². The molecule has 0 atom stereocenters. The highest BCUT2D eigenvalue weighted by Gasteiger charge is 2.27. The van der Waals surface area contributed by atoms with Crippen molar-refractivity contribution in [2.24, 2.45) is 10.8 Å². The van der Waals surface area contributed by atoms with Crippen molar-refractivity contribution < 1.29 is 19.1 Å². The maximum Gasteiger partial charge on any atom is 0.331 e. The summed E-state index contributed by atoms with van der Waals surface area (Å²) in [7, 11) is 8.02. The van der Waals surface area contributed by atoms with E-state index in [2.05, 4.69) is 116 Å². The molecule has 0 saturated carbocycles. The third-order valence-electron chi connectivity index (χ3n) is 11.3. The van der Waals surface area contributed by atoms with Crippen molar-refractivity contribution in [3.63, 3.8) is 0 Å². The Bertz CT molecular complexity index is 1570. The quantitative estimate of drug-likeness (QED) is 0.0296. The highest BCUT2D eigenvalue weighted by atomic mass is 33.1. The number of nitrogens with zero attached hydrogens (tertiary/aromatic N) is 2. The predicted octanol–water partition coefficient (Wildman–Crippen LogP) is 13.2. The molecule has 0 aromatic rings. The van der Waals surface area contributed by atoms with Crippen LogP contribution in [0.1, 0.15) is 121 Å². The summed E-state index contributed by atoms with van der Waals surface area (Å²) in [6.07, 6.45) is 33.2. The molecule has 0 unspecified atom stereocenters. The summed E-state index contributed by atoms with van der Waals surface area (Å²) in [4.78, 5) is 29.2. The standard InChI is InChI=1S/C52H80N2O4S2/c1-41(25-27-47-45(5)23-15-29-51(47,7)8)19-13-21-43(3)39-49(55)57-35-17-31-53(11)33-37-59-60-38-34-54(12)32-18-36-58-50(56)40-44(4)22-14-20-42(2)26-28-48-46(6)24-16-30-52(48,9)10/h13-14,19-22,25-28,39-40H,15-18,23-24,29-38H2,1-12H3/b21-13+,22-14+,27-25+,28-26+,41-19+,42-20+,43-39+,44-40+. The van der Waals surface area contributed by atoms with Crippen LogP contribution in [-0.2, 0) is 19.1 Å². The molecule has 0 bridgehead atoms. The fourth-order valence-electron chi connectivity index (χ4n) is 7.56. The molecule has 0 radical (unpaired) electrons. The molecule has 0 fully saturated rings. The Hall–Kier alpha value is -3.04. The zero-order chi connectivity index (χ0) is 44.6. The lowest BCUT2D eigenvalue weighted by Crippen LogP contribution is -2.24. The summed E-state index contributed by atoms with van der Waals surface area (Å²) in [6, 6.07) is 0. The molecule has 0 aliphatic heterocycles. The molecule has 2 aliphatic rings. The lowest BCUT2D eigenvalue weighted by Gasteiger charge is -2.33. The number of esters is 2. The summed E-state index contributed by atoms with van der Waals surface area (Å²) in [6.45, 7) is 26.5. The number of hydrogen-bond donors (Lipinski definition) is 0. The zero-order valence-electron chi connectivity index (χ0n) is 39.6. The molecule has 0 aromatic carbocycles. The second kappa shape index (κ2) is 28.5. The number of carbonyl (C=O) groups excluding carboxylic acids is 2. The van der Waals surface area contributed by atoms with Crippen molar-refractivity contribution in [3.05, 3.63) is 117 Å². The Morgan fingerprint density at radius 2 is 0.983 bits per heavy atom. The summed E-state index contributed by atoms with van der Waals surface area (Å²) in [5.41, 5.74) is 10.5. The van der Waals surface area contributed by atoms with Crippen molar-refractivity contribution in [1.82, 2.24) is 9.80 Å². The van der Waals surface area contributed by atoms with Gasteiger partial charge in [0.2, 0.25) is 0 Å². The summed E-state index contributed by atoms with van der Waals surface area (Å²) in [5.74, 6) is 1.50. The topological polar surface area (TPSA) is 59.1 Å². The molecule has 0 spiro atoms. The highest BCUT2D eigenvalue weighted by molar-refractivity contribution is 8.76. The van der Waals surface area contributed by atoms with Gasteiger partial charge in [-0.3, -0.25) is 0 Å². The van der Waals surface area contributed by atoms with Gasteiger partial charge in [0.15, 0.2) is 0 Å². The average molecular weight is 861 g/mol. The Labute approximate surface area is 374 Å². The lowest BCUT2D eigenvalue weighted by molar-refractivity contribution is -0.138. The van der Waals surface area contributed by atoms with Gasteiger partial charge in [0.1, 0.15) is 0 Å². The summed E-state index contributed by atoms with van der Waals surface area (Å²) < 4.78 is 10.9. The molecular formula is C52H80N2O4S2. The molecule has 0 heterocycles. The van der Waals surface area contributed by atoms with E-state index in [1.165, 1.54) is 72.0 Å². The van der Waals surface area contributed by atoms with Crippen LogP contribution >= 0.6 is 21.6 Å². The minimum Gasteiger partial charge on any atom is -0.462 e. The number of ether oxygens (including phenoxy) is 2. The first kappa shape index (κ1) is 53.1. The van der Waals surface area contributed by atoms with Crippen LogP contribution in [0.25, 0.3) is 0 Å². The lowest BCUT2D eigenvalue weighted by atomic mass is 9.72. The van der Waals surface area contributed by atoms with Crippen molar-refractivity contribution >= 4 is 33.5 Å². The third kappa shape index (κ3) is 22.7. The molecule has 334 valence electrons. The fraction of sp³-hybridized carbons (Fsp3) is 0.577. The monoisotopic (exact) mass is 861 g/mol. The highest BCUT2D eigenvalue weighted by Crippen LogP contribution is 2.41. The SMILES string of the molecule is CC1=C(/C=C/C(C)=C/C=C/C(C)=C/C(=O)OCCCN(C)CCSSCCN(C)CCCOC(=O)/C=C(C)/C=C/C=C(C)/C=C/C2=C(C)CCCC2(C)C)C(C)(C)CCC1. The third-order valence-corrected chi connectivity index (χ3v) is 13.7. The number of carbonyl (C=O) groups is 2. The van der Waals surface area contributed by atoms with E-state index in [9.17, 15) is 9.59 Å². The van der Waals surface area contributed by atoms with E-state index >= 15 is 0 Å². The molecule has 60 heavy (non-hydrogen) atoms. The van der Waals surface area contributed by atoms with E-state index in [0.29, 0.717) is 13.2 Å². The molecular weight excluding hydrogens is 781 g/mol. The van der Waals surface area contributed by atoms with Gasteiger partial charge in [-0.25, -0.2) is 9.59 Å². The molecule has 2 rings (SSSR count). The van der Waals surface area contributed by atoms with Crippen molar-refractivity contribution in [3.8, 4) is 0 Å². The van der Waals surface area contributed by atoms with Crippen LogP contribution in [0, 0.1) is 10.8 Å². The average Bonchev–Trinajstić information content (AvgIpc) is 3.15. The Balaban J connectivity index is 1.51. The van der Waals surface area contributed by atoms with E-state index in [-0.39, 0.29) is 22.8 Å². The van der Waals surface area contributed by atoms with Gasteiger partial charge in [0.05, 0.1) is 13.2 Å². The van der Waals surface area contributed by atoms with E-state index in [4.69, 9.17) is 9.47 Å². The van der Waals surface area contributed by atoms with Gasteiger partial charge in [-0.15, -0.1) is 0 Å². The van der Waals surface area contributed by atoms with Crippen LogP contribution < -0.4 is 0 Å². The first-order valence-electron chi connectivity index (χ1n) is 22.2. The maximum atomic E-state index is 12.3. The van der Waals surface area contributed by atoms with E-state index in [1.807, 2.05) is 59.7 Å². The Morgan fingerprint density at radius 1 is 0.600 bits per heavy atom. The van der Waals surface area contributed by atoms with Crippen LogP contribution in [0.4, 0.5) is 0 Å². The van der Waals surface area contributed by atoms with Crippen LogP contribution in [-0.4, -0.2) is 86.7 Å². The fourth-order valence-corrected chi connectivity index (χ4v) is 9.72. The van der Waals surface area contributed by atoms with E-state index in [1.54, 1.807) is 12.2 Å². The first-order valence-corrected chi connectivity index (χ1v) is 24.7. The normalized spacial score (nSPS) is 18.4. The minimum atomic E-state index is -0.291. The van der Waals surface area contributed by atoms with Gasteiger partial charge < -0.3 is 19.3 Å². The van der Waals surface area contributed by atoms with Crippen LogP contribution in [0.15, 0.2) is 117 Å². The first-order chi connectivity index (χ1) is 28.4. The van der Waals surface area contributed by atoms with Crippen molar-refractivity contribution in [2.45, 2.75) is 121 Å². The second-order valence-corrected chi connectivity index (χ2v) is 20.8. The zero-order valence-corrected chi connectivity index (χ0v) is 41.2. The Kier molecular flexibility index (Phi) is 25.3. The van der Waals surface area contributed by atoms with Gasteiger partial charge in [-0.05, 0) is 140 Å². The smallest absolute Gasteiger partial charge is 0.331 e. The van der Waals surface area contributed by atoms with Crippen molar-refractivity contribution in [1.29, 1.82) is 0 Å². The molecule has 0 saturated heterocycles. The van der Waals surface area contributed by atoms with Crippen LogP contribution in [0.5, 0.6) is 0 Å². The molecule has 8 heteroatoms. The molecule has 0 aromatic heterocycles. The maximum absolute atomic E-state index is 12.3. The summed E-state index contributed by atoms with van der Waals surface area (Å²) in [5, 5.41) is 0. The summed E-state index contributed by atoms with van der Waals surface area (Å²) >= 11 is 0. The van der Waals surface area contributed by atoms with E-state index < -0.39 is 0 Å². The van der Waals surface area contributed by atoms with Crippen molar-refractivity contribution in [2.75, 3.05) is 65.0 Å². The van der Waals surface area contributed by atoms with Gasteiger partial charge in [-0.2, -0.15) is 0 Å². The largest absolute Gasteiger partial charge is 0.462 e. The molecule has 0 N–H and O–H groups in total. The number of rotatable bonds is 25. The second-order valence-electron chi connectivity index (χ2n) is 18.1. The van der Waals surface area contributed by atoms with Gasteiger partial charge in [-0.1, -0.05) is 132 Å². The predicted molar refractivity (Wildman–Crippen MR) is 263 cm³/mol. The number of allylic oxidation sites excluding steroid dienone is 18. The van der Waals surface area contributed by atoms with Gasteiger partial charge >= 0.3 is 11.9 Å². The van der Waals surface area contributed by atoms with Gasteiger partial charge in [0.25, 0.3) is 0 Å². The van der Waals surface area contributed by atoms with Crippen LogP contribution in [0.2, 0.25) is 0 Å². The number of hydrogen-bond acceptors (Lipinski definition) is 8. The Morgan fingerprint density at radius 3 is 1.35 bits per heavy atom. The minimum absolute atomic E-state index is 0.238. The van der Waals surface area contributed by atoms with E-state index in [0.717, 1.165) is 61.7 Å². The molecule has 2 aliphatic carbocycles. The molecule has 6 nitrogen and oxygen atoms in total. The van der Waals surface area contributed by atoms with Gasteiger partial charge in [0, 0.05) is 49.8 Å².